The van der Waals surface area contributed by atoms with Gasteiger partial charge in [0.2, 0.25) is 0 Å². The summed E-state index contributed by atoms with van der Waals surface area (Å²) < 4.78 is 0. The van der Waals surface area contributed by atoms with E-state index in [1.54, 1.807) is 18.2 Å². The second-order valence-electron chi connectivity index (χ2n) is 3.93. The van der Waals surface area contributed by atoms with Crippen molar-refractivity contribution in [3.63, 3.8) is 0 Å². The van der Waals surface area contributed by atoms with Gasteiger partial charge in [0.15, 0.2) is 0 Å². The first-order valence-corrected chi connectivity index (χ1v) is 6.90. The minimum Gasteiger partial charge on any atom is -0.377 e. The van der Waals surface area contributed by atoms with Crippen molar-refractivity contribution in [3.05, 3.63) is 40.0 Å². The van der Waals surface area contributed by atoms with Gasteiger partial charge in [-0.2, -0.15) is 5.26 Å². The lowest BCUT2D eigenvalue weighted by Gasteiger charge is -2.16. The normalized spacial score (nSPS) is 10.8. The molecule has 0 spiro atoms. The second kappa shape index (κ2) is 7.78. The molecule has 1 aromatic carbocycles. The van der Waals surface area contributed by atoms with Gasteiger partial charge in [0.25, 0.3) is 5.91 Å². The molecule has 0 atom stereocenters. The van der Waals surface area contributed by atoms with Crippen LogP contribution < -0.4 is 5.32 Å². The fourth-order valence-corrected chi connectivity index (χ4v) is 1.86. The molecule has 1 N–H and O–H groups in total. The lowest BCUT2D eigenvalue weighted by molar-refractivity contribution is -0.112. The van der Waals surface area contributed by atoms with Crippen molar-refractivity contribution in [3.8, 4) is 6.07 Å². The van der Waals surface area contributed by atoms with Gasteiger partial charge in [-0.3, -0.25) is 4.79 Å². The smallest absolute Gasteiger partial charge is 0.267 e. The summed E-state index contributed by atoms with van der Waals surface area (Å²) >= 11 is 11.9. The maximum absolute atomic E-state index is 12.0. The zero-order chi connectivity index (χ0) is 15.1. The van der Waals surface area contributed by atoms with Crippen molar-refractivity contribution < 1.29 is 4.79 Å². The Balaban J connectivity index is 2.94. The van der Waals surface area contributed by atoms with Crippen LogP contribution in [0.5, 0.6) is 0 Å². The quantitative estimate of drug-likeness (QED) is 0.666. The third-order valence-corrected chi connectivity index (χ3v) is 3.51. The summed E-state index contributed by atoms with van der Waals surface area (Å²) in [5, 5.41) is 12.3. The van der Waals surface area contributed by atoms with Crippen LogP contribution in [0.25, 0.3) is 0 Å². The maximum Gasteiger partial charge on any atom is 0.267 e. The molecule has 20 heavy (non-hydrogen) atoms. The second-order valence-corrected chi connectivity index (χ2v) is 4.72. The van der Waals surface area contributed by atoms with Gasteiger partial charge in [-0.15, -0.1) is 0 Å². The average Bonchev–Trinajstić information content (AvgIpc) is 2.45. The van der Waals surface area contributed by atoms with Crippen LogP contribution in [0.2, 0.25) is 10.0 Å². The van der Waals surface area contributed by atoms with E-state index in [0.717, 1.165) is 0 Å². The Morgan fingerprint density at radius 3 is 2.60 bits per heavy atom. The van der Waals surface area contributed by atoms with Crippen LogP contribution in [0.15, 0.2) is 30.0 Å². The van der Waals surface area contributed by atoms with E-state index < -0.39 is 5.91 Å². The number of hydrogen-bond acceptors (Lipinski definition) is 3. The highest BCUT2D eigenvalue weighted by Gasteiger charge is 2.13. The fraction of sp³-hybridized carbons (Fsp3) is 0.286. The number of carbonyl (C=O) groups excluding carboxylic acids is 1. The van der Waals surface area contributed by atoms with Crippen LogP contribution in [0.4, 0.5) is 5.69 Å². The molecule has 0 aliphatic heterocycles. The molecular weight excluding hydrogens is 297 g/mol. The van der Waals surface area contributed by atoms with E-state index in [1.165, 1.54) is 6.20 Å². The predicted molar refractivity (Wildman–Crippen MR) is 81.7 cm³/mol. The number of nitriles is 1. The van der Waals surface area contributed by atoms with Gasteiger partial charge in [0, 0.05) is 19.3 Å². The van der Waals surface area contributed by atoms with Gasteiger partial charge < -0.3 is 10.2 Å². The number of halogens is 2. The zero-order valence-electron chi connectivity index (χ0n) is 11.3. The average molecular weight is 312 g/mol. The molecule has 0 aliphatic carbocycles. The number of amides is 1. The summed E-state index contributed by atoms with van der Waals surface area (Å²) in [5.41, 5.74) is 0.398. The highest BCUT2D eigenvalue weighted by atomic mass is 35.5. The third-order valence-electron chi connectivity index (χ3n) is 2.69. The van der Waals surface area contributed by atoms with Crippen molar-refractivity contribution >= 4 is 34.8 Å². The molecule has 0 radical (unpaired) electrons. The Kier molecular flexibility index (Phi) is 6.37. The van der Waals surface area contributed by atoms with Crippen molar-refractivity contribution in [2.45, 2.75) is 13.8 Å². The number of hydrogen-bond donors (Lipinski definition) is 1. The number of rotatable bonds is 5. The van der Waals surface area contributed by atoms with Crippen LogP contribution >= 0.6 is 23.2 Å². The van der Waals surface area contributed by atoms with Crippen LogP contribution in [0, 0.1) is 11.3 Å². The topological polar surface area (TPSA) is 56.1 Å². The Labute approximate surface area is 128 Å². The summed E-state index contributed by atoms with van der Waals surface area (Å²) in [6, 6.07) is 6.80. The molecule has 1 amide bonds. The van der Waals surface area contributed by atoms with E-state index in [9.17, 15) is 4.79 Å². The van der Waals surface area contributed by atoms with E-state index in [-0.39, 0.29) is 10.6 Å². The van der Waals surface area contributed by atoms with Gasteiger partial charge in [-0.05, 0) is 26.0 Å². The first-order valence-electron chi connectivity index (χ1n) is 6.14. The molecule has 0 unspecified atom stereocenters. The number of anilines is 1. The van der Waals surface area contributed by atoms with Gasteiger partial charge in [0.05, 0.1) is 15.7 Å². The van der Waals surface area contributed by atoms with E-state index in [0.29, 0.717) is 23.8 Å². The van der Waals surface area contributed by atoms with Crippen LogP contribution in [-0.2, 0) is 4.79 Å². The summed E-state index contributed by atoms with van der Waals surface area (Å²) in [6.07, 6.45) is 1.54. The van der Waals surface area contributed by atoms with E-state index in [1.807, 2.05) is 24.8 Å². The SMILES string of the molecule is CCN(/C=C(/C#N)C(=O)Nc1cccc(Cl)c1Cl)CC. The largest absolute Gasteiger partial charge is 0.377 e. The van der Waals surface area contributed by atoms with E-state index in [4.69, 9.17) is 28.5 Å². The minimum atomic E-state index is -0.511. The molecular formula is C14H15Cl2N3O. The van der Waals surface area contributed by atoms with Crippen molar-refractivity contribution in [1.82, 2.24) is 4.90 Å². The summed E-state index contributed by atoms with van der Waals surface area (Å²) in [6.45, 7) is 5.32. The Morgan fingerprint density at radius 2 is 2.05 bits per heavy atom. The standard InChI is InChI=1S/C14H15Cl2N3O/c1-3-19(4-2)9-10(8-17)14(20)18-12-7-5-6-11(15)13(12)16/h5-7,9H,3-4H2,1-2H3,(H,18,20)/b10-9-. The molecule has 0 heterocycles. The molecule has 0 bridgehead atoms. The maximum atomic E-state index is 12.0. The number of nitrogens with one attached hydrogen (secondary N) is 1. The molecule has 0 fully saturated rings. The zero-order valence-corrected chi connectivity index (χ0v) is 12.8. The summed E-state index contributed by atoms with van der Waals surface area (Å²) in [4.78, 5) is 13.9. The molecule has 0 aromatic heterocycles. The van der Waals surface area contributed by atoms with Crippen molar-refractivity contribution in [2.24, 2.45) is 0 Å². The van der Waals surface area contributed by atoms with E-state index >= 15 is 0 Å². The lowest BCUT2D eigenvalue weighted by Crippen LogP contribution is -2.20. The minimum absolute atomic E-state index is 0.0183. The molecule has 1 aromatic rings. The fourth-order valence-electron chi connectivity index (χ4n) is 1.52. The summed E-state index contributed by atoms with van der Waals surface area (Å²) in [7, 11) is 0. The number of nitrogens with zero attached hydrogens (tertiary/aromatic N) is 2. The van der Waals surface area contributed by atoms with Crippen molar-refractivity contribution in [1.29, 1.82) is 5.26 Å². The molecule has 4 nitrogen and oxygen atoms in total. The number of carbonyl (C=O) groups is 1. The van der Waals surface area contributed by atoms with Crippen LogP contribution in [-0.4, -0.2) is 23.9 Å². The van der Waals surface area contributed by atoms with Gasteiger partial charge >= 0.3 is 0 Å². The van der Waals surface area contributed by atoms with Gasteiger partial charge in [0.1, 0.15) is 11.6 Å². The predicted octanol–water partition coefficient (Wildman–Crippen LogP) is 3.68. The Morgan fingerprint density at radius 1 is 1.40 bits per heavy atom. The molecule has 6 heteroatoms. The first-order chi connectivity index (χ1) is 9.53. The first kappa shape index (κ1) is 16.4. The highest BCUT2D eigenvalue weighted by Crippen LogP contribution is 2.29. The lowest BCUT2D eigenvalue weighted by atomic mass is 10.2. The molecule has 0 aliphatic rings. The monoisotopic (exact) mass is 311 g/mol. The Hall–Kier alpha value is -1.70. The molecule has 0 saturated heterocycles. The van der Waals surface area contributed by atoms with Crippen molar-refractivity contribution in [2.75, 3.05) is 18.4 Å². The van der Waals surface area contributed by atoms with Crippen LogP contribution in [0.1, 0.15) is 13.8 Å². The van der Waals surface area contributed by atoms with Gasteiger partial charge in [-0.25, -0.2) is 0 Å². The third kappa shape index (κ3) is 4.16. The molecule has 0 saturated carbocycles. The Bertz CT molecular complexity index is 560. The van der Waals surface area contributed by atoms with Crippen LogP contribution in [0.3, 0.4) is 0 Å². The van der Waals surface area contributed by atoms with Gasteiger partial charge in [-0.1, -0.05) is 29.3 Å². The number of benzene rings is 1. The van der Waals surface area contributed by atoms with E-state index in [2.05, 4.69) is 5.32 Å². The highest BCUT2D eigenvalue weighted by molar-refractivity contribution is 6.44. The molecule has 1 rings (SSSR count). The summed E-state index contributed by atoms with van der Waals surface area (Å²) in [5.74, 6) is -0.511. The molecule has 106 valence electrons.